The fraction of sp³-hybridized carbons (Fsp3) is 0.417. The molecule has 1 nitrogen and oxygen atoms in total. The molecular weight excluding hydrogens is 304 g/mol. The zero-order valence-electron chi connectivity index (χ0n) is 15.8. The molecule has 0 saturated heterocycles. The lowest BCUT2D eigenvalue weighted by atomic mass is 9.92. The molecule has 0 radical (unpaired) electrons. The Bertz CT molecular complexity index is 605. The molecule has 0 aromatic heterocycles. The lowest BCUT2D eigenvalue weighted by Crippen LogP contribution is -2.31. The fourth-order valence-electron chi connectivity index (χ4n) is 3.33. The standard InChI is InChI=1S/C24H32O/c1-4-6-13-19-24(3,18-5-2)25-23(22-16-11-8-12-17-22)20-21-14-9-7-10-15-21/h5,7-12,14-17,23H,2,4,6,13,18-20H2,1,3H3/t23-,24+/m0/s1. The zero-order valence-corrected chi connectivity index (χ0v) is 15.8. The Labute approximate surface area is 153 Å². The molecule has 0 amide bonds. The van der Waals surface area contributed by atoms with Gasteiger partial charge in [-0.2, -0.15) is 0 Å². The predicted molar refractivity (Wildman–Crippen MR) is 108 cm³/mol. The maximum absolute atomic E-state index is 6.74. The average Bonchev–Trinajstić information content (AvgIpc) is 2.63. The minimum atomic E-state index is -0.161. The summed E-state index contributed by atoms with van der Waals surface area (Å²) in [6, 6.07) is 21.2. The van der Waals surface area contributed by atoms with Crippen molar-refractivity contribution in [1.82, 2.24) is 0 Å². The summed E-state index contributed by atoms with van der Waals surface area (Å²) in [4.78, 5) is 0. The lowest BCUT2D eigenvalue weighted by Gasteiger charge is -2.34. The summed E-state index contributed by atoms with van der Waals surface area (Å²) in [5, 5.41) is 0. The van der Waals surface area contributed by atoms with Crippen molar-refractivity contribution in [3.8, 4) is 0 Å². The Morgan fingerprint density at radius 2 is 1.64 bits per heavy atom. The highest BCUT2D eigenvalue weighted by Gasteiger charge is 2.28. The Kier molecular flexibility index (Phi) is 7.94. The van der Waals surface area contributed by atoms with Crippen LogP contribution in [0.3, 0.4) is 0 Å². The van der Waals surface area contributed by atoms with Crippen LogP contribution in [0.4, 0.5) is 0 Å². The van der Waals surface area contributed by atoms with Gasteiger partial charge in [0.25, 0.3) is 0 Å². The van der Waals surface area contributed by atoms with Gasteiger partial charge < -0.3 is 4.74 Å². The summed E-state index contributed by atoms with van der Waals surface area (Å²) < 4.78 is 6.74. The molecule has 0 aliphatic rings. The van der Waals surface area contributed by atoms with E-state index in [0.29, 0.717) is 0 Å². The van der Waals surface area contributed by atoms with Crippen molar-refractivity contribution in [3.05, 3.63) is 84.4 Å². The van der Waals surface area contributed by atoms with Crippen LogP contribution in [-0.4, -0.2) is 5.60 Å². The van der Waals surface area contributed by atoms with E-state index in [2.05, 4.69) is 81.1 Å². The van der Waals surface area contributed by atoms with E-state index in [1.807, 2.05) is 6.08 Å². The number of ether oxygens (including phenoxy) is 1. The molecule has 0 aliphatic carbocycles. The highest BCUT2D eigenvalue weighted by Crippen LogP contribution is 2.33. The Balaban J connectivity index is 2.19. The topological polar surface area (TPSA) is 9.23 Å². The van der Waals surface area contributed by atoms with Gasteiger partial charge in [0.2, 0.25) is 0 Å². The first-order chi connectivity index (χ1) is 12.2. The second-order valence-corrected chi connectivity index (χ2v) is 7.11. The van der Waals surface area contributed by atoms with Gasteiger partial charge in [-0.25, -0.2) is 0 Å². The maximum Gasteiger partial charge on any atom is 0.0872 e. The highest BCUT2D eigenvalue weighted by atomic mass is 16.5. The molecule has 0 spiro atoms. The minimum Gasteiger partial charge on any atom is -0.367 e. The van der Waals surface area contributed by atoms with Gasteiger partial charge in [0.1, 0.15) is 0 Å². The quantitative estimate of drug-likeness (QED) is 0.320. The van der Waals surface area contributed by atoms with E-state index in [1.165, 1.54) is 30.4 Å². The molecule has 134 valence electrons. The van der Waals surface area contributed by atoms with Crippen molar-refractivity contribution in [1.29, 1.82) is 0 Å². The Hall–Kier alpha value is -1.86. The average molecular weight is 337 g/mol. The van der Waals surface area contributed by atoms with Gasteiger partial charge >= 0.3 is 0 Å². The smallest absolute Gasteiger partial charge is 0.0872 e. The molecule has 25 heavy (non-hydrogen) atoms. The van der Waals surface area contributed by atoms with Crippen LogP contribution in [0.15, 0.2) is 73.3 Å². The van der Waals surface area contributed by atoms with E-state index in [9.17, 15) is 0 Å². The van der Waals surface area contributed by atoms with Crippen molar-refractivity contribution < 1.29 is 4.74 Å². The van der Waals surface area contributed by atoms with E-state index in [4.69, 9.17) is 4.74 Å². The van der Waals surface area contributed by atoms with Gasteiger partial charge in [-0.3, -0.25) is 0 Å². The third-order valence-electron chi connectivity index (χ3n) is 4.75. The Morgan fingerprint density at radius 3 is 2.24 bits per heavy atom. The van der Waals surface area contributed by atoms with E-state index in [0.717, 1.165) is 19.3 Å². The summed E-state index contributed by atoms with van der Waals surface area (Å²) in [5.41, 5.74) is 2.40. The minimum absolute atomic E-state index is 0.0650. The zero-order chi connectivity index (χ0) is 18.0. The summed E-state index contributed by atoms with van der Waals surface area (Å²) in [6.45, 7) is 8.44. The number of unbranched alkanes of at least 4 members (excludes halogenated alkanes) is 2. The van der Waals surface area contributed by atoms with Crippen LogP contribution in [0.25, 0.3) is 0 Å². The second kappa shape index (κ2) is 10.2. The van der Waals surface area contributed by atoms with Gasteiger partial charge in [-0.15, -0.1) is 6.58 Å². The van der Waals surface area contributed by atoms with E-state index < -0.39 is 0 Å². The van der Waals surface area contributed by atoms with Gasteiger partial charge in [0.05, 0.1) is 11.7 Å². The van der Waals surface area contributed by atoms with Crippen LogP contribution in [-0.2, 0) is 11.2 Å². The van der Waals surface area contributed by atoms with Crippen LogP contribution < -0.4 is 0 Å². The van der Waals surface area contributed by atoms with Gasteiger partial charge in [0, 0.05) is 6.42 Å². The molecule has 0 N–H and O–H groups in total. The molecule has 0 bridgehead atoms. The number of benzene rings is 2. The van der Waals surface area contributed by atoms with Gasteiger partial charge in [-0.1, -0.05) is 92.9 Å². The van der Waals surface area contributed by atoms with Crippen LogP contribution >= 0.6 is 0 Å². The van der Waals surface area contributed by atoms with Crippen LogP contribution in [0.1, 0.15) is 63.2 Å². The molecule has 0 aliphatic heterocycles. The SMILES string of the molecule is C=CC[C@](C)(CCCCC)O[C@@H](Cc1ccccc1)c1ccccc1. The van der Waals surface area contributed by atoms with Crippen molar-refractivity contribution in [3.63, 3.8) is 0 Å². The van der Waals surface area contributed by atoms with Crippen molar-refractivity contribution in [2.24, 2.45) is 0 Å². The number of hydrogen-bond acceptors (Lipinski definition) is 1. The molecule has 0 saturated carbocycles. The summed E-state index contributed by atoms with van der Waals surface area (Å²) in [6.07, 6.45) is 8.60. The normalized spacial score (nSPS) is 14.6. The monoisotopic (exact) mass is 336 g/mol. The van der Waals surface area contributed by atoms with E-state index >= 15 is 0 Å². The Morgan fingerprint density at radius 1 is 1.00 bits per heavy atom. The third kappa shape index (κ3) is 6.51. The maximum atomic E-state index is 6.74. The fourth-order valence-corrected chi connectivity index (χ4v) is 3.33. The summed E-state index contributed by atoms with van der Waals surface area (Å²) in [7, 11) is 0. The largest absolute Gasteiger partial charge is 0.367 e. The first kappa shape index (κ1) is 19.5. The third-order valence-corrected chi connectivity index (χ3v) is 4.75. The van der Waals surface area contributed by atoms with E-state index in [-0.39, 0.29) is 11.7 Å². The molecule has 0 fully saturated rings. The number of rotatable bonds is 11. The molecule has 2 rings (SSSR count). The van der Waals surface area contributed by atoms with E-state index in [1.54, 1.807) is 0 Å². The van der Waals surface area contributed by atoms with Gasteiger partial charge in [-0.05, 0) is 30.9 Å². The first-order valence-corrected chi connectivity index (χ1v) is 9.54. The molecule has 0 heterocycles. The lowest BCUT2D eigenvalue weighted by molar-refractivity contribution is -0.0889. The van der Waals surface area contributed by atoms with Crippen LogP contribution in [0, 0.1) is 0 Å². The van der Waals surface area contributed by atoms with Crippen LogP contribution in [0.2, 0.25) is 0 Å². The highest BCUT2D eigenvalue weighted by molar-refractivity contribution is 5.23. The first-order valence-electron chi connectivity index (χ1n) is 9.54. The van der Waals surface area contributed by atoms with Crippen molar-refractivity contribution in [2.45, 2.75) is 64.1 Å². The molecule has 2 atom stereocenters. The van der Waals surface area contributed by atoms with Crippen molar-refractivity contribution >= 4 is 0 Å². The number of hydrogen-bond donors (Lipinski definition) is 0. The van der Waals surface area contributed by atoms with Crippen LogP contribution in [0.5, 0.6) is 0 Å². The molecule has 2 aromatic carbocycles. The van der Waals surface area contributed by atoms with Gasteiger partial charge in [0.15, 0.2) is 0 Å². The molecule has 1 heteroatoms. The van der Waals surface area contributed by atoms with Crippen molar-refractivity contribution in [2.75, 3.05) is 0 Å². The summed E-state index contributed by atoms with van der Waals surface area (Å²) >= 11 is 0. The molecule has 2 aromatic rings. The summed E-state index contributed by atoms with van der Waals surface area (Å²) in [5.74, 6) is 0. The predicted octanol–water partition coefficient (Wildman–Crippen LogP) is 6.90. The molecular formula is C24H32O. The second-order valence-electron chi connectivity index (χ2n) is 7.11. The molecule has 0 unspecified atom stereocenters.